The van der Waals surface area contributed by atoms with Crippen molar-refractivity contribution in [1.29, 1.82) is 0 Å². The number of rotatable bonds is 2. The first-order valence-electron chi connectivity index (χ1n) is 4.54. The van der Waals surface area contributed by atoms with Crippen molar-refractivity contribution in [1.82, 2.24) is 10.3 Å². The van der Waals surface area contributed by atoms with Crippen molar-refractivity contribution in [2.45, 2.75) is 19.3 Å². The van der Waals surface area contributed by atoms with Crippen LogP contribution in [0.2, 0.25) is 0 Å². The Bertz CT molecular complexity index is 223. The highest BCUT2D eigenvalue weighted by molar-refractivity contribution is 7.09. The predicted molar refractivity (Wildman–Crippen MR) is 65.9 cm³/mol. The molecule has 1 atom stereocenters. The van der Waals surface area contributed by atoms with Crippen LogP contribution in [0.3, 0.4) is 0 Å². The molecule has 1 aliphatic heterocycles. The Labute approximate surface area is 101 Å². The molecule has 1 aromatic heterocycles. The van der Waals surface area contributed by atoms with Crippen LogP contribution in [0.5, 0.6) is 0 Å². The Morgan fingerprint density at radius 3 is 2.93 bits per heavy atom. The van der Waals surface area contributed by atoms with E-state index >= 15 is 0 Å². The van der Waals surface area contributed by atoms with Gasteiger partial charge < -0.3 is 5.32 Å². The third-order valence-corrected chi connectivity index (χ3v) is 3.15. The van der Waals surface area contributed by atoms with Crippen LogP contribution in [0.4, 0.5) is 0 Å². The second kappa shape index (κ2) is 7.46. The van der Waals surface area contributed by atoms with Gasteiger partial charge in [-0.15, -0.1) is 36.2 Å². The molecule has 5 heteroatoms. The topological polar surface area (TPSA) is 24.9 Å². The molecule has 1 aliphatic rings. The first-order valence-corrected chi connectivity index (χ1v) is 5.42. The van der Waals surface area contributed by atoms with Gasteiger partial charge in [0.1, 0.15) is 0 Å². The van der Waals surface area contributed by atoms with Crippen LogP contribution in [0.15, 0.2) is 11.6 Å². The van der Waals surface area contributed by atoms with Crippen LogP contribution in [-0.2, 0) is 6.42 Å². The molecule has 82 valence electrons. The van der Waals surface area contributed by atoms with Gasteiger partial charge >= 0.3 is 0 Å². The second-order valence-corrected chi connectivity index (χ2v) is 4.32. The van der Waals surface area contributed by atoms with Crippen molar-refractivity contribution in [3.63, 3.8) is 0 Å². The summed E-state index contributed by atoms with van der Waals surface area (Å²) in [7, 11) is 0. The summed E-state index contributed by atoms with van der Waals surface area (Å²) in [6.45, 7) is 2.38. The van der Waals surface area contributed by atoms with Gasteiger partial charge in [-0.3, -0.25) is 0 Å². The molecule has 1 fully saturated rings. The highest BCUT2D eigenvalue weighted by Crippen LogP contribution is 2.17. The average Bonchev–Trinajstić information content (AvgIpc) is 2.59. The van der Waals surface area contributed by atoms with Crippen molar-refractivity contribution in [3.8, 4) is 0 Å². The van der Waals surface area contributed by atoms with E-state index in [0.29, 0.717) is 0 Å². The van der Waals surface area contributed by atoms with Crippen molar-refractivity contribution in [2.24, 2.45) is 5.92 Å². The number of nitrogens with zero attached hydrogens (tertiary/aromatic N) is 1. The minimum absolute atomic E-state index is 0. The molecule has 0 saturated carbocycles. The molecule has 2 rings (SSSR count). The fraction of sp³-hybridized carbons (Fsp3) is 0.667. The highest BCUT2D eigenvalue weighted by Gasteiger charge is 2.13. The van der Waals surface area contributed by atoms with Gasteiger partial charge in [-0.2, -0.15) is 0 Å². The van der Waals surface area contributed by atoms with Gasteiger partial charge in [0, 0.05) is 18.0 Å². The number of hydrogen-bond donors (Lipinski definition) is 1. The maximum atomic E-state index is 4.30. The van der Waals surface area contributed by atoms with Crippen molar-refractivity contribution >= 4 is 36.2 Å². The summed E-state index contributed by atoms with van der Waals surface area (Å²) in [5.41, 5.74) is 0. The first-order chi connectivity index (χ1) is 5.95. The fourth-order valence-corrected chi connectivity index (χ4v) is 2.43. The molecule has 0 amide bonds. The SMILES string of the molecule is Cl.Cl.c1csc(CC2CCCNC2)n1. The zero-order chi connectivity index (χ0) is 8.23. The Balaban J connectivity index is 0.000000845. The van der Waals surface area contributed by atoms with Crippen molar-refractivity contribution in [2.75, 3.05) is 13.1 Å². The summed E-state index contributed by atoms with van der Waals surface area (Å²) in [6, 6.07) is 0. The summed E-state index contributed by atoms with van der Waals surface area (Å²) < 4.78 is 0. The minimum atomic E-state index is 0. The zero-order valence-electron chi connectivity index (χ0n) is 7.94. The summed E-state index contributed by atoms with van der Waals surface area (Å²) in [5, 5.41) is 6.78. The lowest BCUT2D eigenvalue weighted by molar-refractivity contribution is 0.376. The number of nitrogens with one attached hydrogen (secondary N) is 1. The molecular formula is C9H16Cl2N2S. The van der Waals surface area contributed by atoms with Gasteiger partial charge in [0.25, 0.3) is 0 Å². The van der Waals surface area contributed by atoms with Crippen molar-refractivity contribution < 1.29 is 0 Å². The fourth-order valence-electron chi connectivity index (χ4n) is 1.70. The van der Waals surface area contributed by atoms with Crippen LogP contribution >= 0.6 is 36.2 Å². The quantitative estimate of drug-likeness (QED) is 0.878. The van der Waals surface area contributed by atoms with E-state index < -0.39 is 0 Å². The van der Waals surface area contributed by atoms with Gasteiger partial charge in [0.05, 0.1) is 5.01 Å². The molecule has 0 aromatic carbocycles. The van der Waals surface area contributed by atoms with E-state index in [0.717, 1.165) is 5.92 Å². The monoisotopic (exact) mass is 254 g/mol. The molecule has 1 aromatic rings. The van der Waals surface area contributed by atoms with Gasteiger partial charge in [-0.05, 0) is 31.8 Å². The minimum Gasteiger partial charge on any atom is -0.316 e. The molecule has 0 spiro atoms. The zero-order valence-corrected chi connectivity index (χ0v) is 10.4. The van der Waals surface area contributed by atoms with Gasteiger partial charge in [0.2, 0.25) is 0 Å². The molecule has 1 saturated heterocycles. The Morgan fingerprint density at radius 1 is 1.50 bits per heavy atom. The number of piperidine rings is 1. The average molecular weight is 255 g/mol. The molecule has 14 heavy (non-hydrogen) atoms. The van der Waals surface area contributed by atoms with Gasteiger partial charge in [-0.25, -0.2) is 4.98 Å². The number of hydrogen-bond acceptors (Lipinski definition) is 3. The van der Waals surface area contributed by atoms with E-state index in [2.05, 4.69) is 15.7 Å². The Hall–Kier alpha value is 0.170. The first kappa shape index (κ1) is 14.2. The normalized spacial score (nSPS) is 20.7. The van der Waals surface area contributed by atoms with Crippen LogP contribution in [0, 0.1) is 5.92 Å². The van der Waals surface area contributed by atoms with Crippen LogP contribution in [0.25, 0.3) is 0 Å². The van der Waals surface area contributed by atoms with Gasteiger partial charge in [-0.1, -0.05) is 0 Å². The molecule has 0 radical (unpaired) electrons. The third-order valence-electron chi connectivity index (χ3n) is 2.35. The van der Waals surface area contributed by atoms with E-state index in [1.807, 2.05) is 6.20 Å². The van der Waals surface area contributed by atoms with E-state index in [9.17, 15) is 0 Å². The summed E-state index contributed by atoms with van der Waals surface area (Å²) in [5.74, 6) is 0.824. The summed E-state index contributed by atoms with van der Waals surface area (Å²) in [4.78, 5) is 4.30. The molecule has 1 N–H and O–H groups in total. The van der Waals surface area contributed by atoms with Gasteiger partial charge in [0.15, 0.2) is 0 Å². The van der Waals surface area contributed by atoms with Crippen LogP contribution in [0.1, 0.15) is 17.8 Å². The number of thiazole rings is 1. The maximum absolute atomic E-state index is 4.30. The van der Waals surface area contributed by atoms with Crippen LogP contribution < -0.4 is 5.32 Å². The number of halogens is 2. The second-order valence-electron chi connectivity index (χ2n) is 3.34. The van der Waals surface area contributed by atoms with E-state index in [-0.39, 0.29) is 24.8 Å². The molecular weight excluding hydrogens is 239 g/mol. The standard InChI is InChI=1S/C9H14N2S.2ClH/c1-2-8(7-10-3-1)6-9-11-4-5-12-9;;/h4-5,8,10H,1-3,6-7H2;2*1H. The predicted octanol–water partition coefficient (Wildman–Crippen LogP) is 2.53. The number of aromatic nitrogens is 1. The maximum Gasteiger partial charge on any atom is 0.0928 e. The summed E-state index contributed by atoms with van der Waals surface area (Å²) >= 11 is 1.78. The molecule has 0 bridgehead atoms. The third kappa shape index (κ3) is 4.13. The molecule has 2 nitrogen and oxygen atoms in total. The van der Waals surface area contributed by atoms with E-state index in [1.165, 1.54) is 37.4 Å². The summed E-state index contributed by atoms with van der Waals surface area (Å²) in [6.07, 6.45) is 5.77. The van der Waals surface area contributed by atoms with Crippen molar-refractivity contribution in [3.05, 3.63) is 16.6 Å². The lowest BCUT2D eigenvalue weighted by atomic mass is 9.97. The molecule has 0 aliphatic carbocycles. The van der Waals surface area contributed by atoms with E-state index in [1.54, 1.807) is 11.3 Å². The Morgan fingerprint density at radius 2 is 2.36 bits per heavy atom. The van der Waals surface area contributed by atoms with E-state index in [4.69, 9.17) is 0 Å². The lowest BCUT2D eigenvalue weighted by Crippen LogP contribution is -2.30. The Kier molecular flexibility index (Phi) is 7.55. The van der Waals surface area contributed by atoms with Crippen LogP contribution in [-0.4, -0.2) is 18.1 Å². The molecule has 1 unspecified atom stereocenters. The lowest BCUT2D eigenvalue weighted by Gasteiger charge is -2.21. The largest absolute Gasteiger partial charge is 0.316 e. The smallest absolute Gasteiger partial charge is 0.0928 e. The molecule has 2 heterocycles. The highest BCUT2D eigenvalue weighted by atomic mass is 35.5.